The van der Waals surface area contributed by atoms with E-state index in [1.54, 1.807) is 12.3 Å². The number of nitriles is 1. The second-order valence-electron chi connectivity index (χ2n) is 5.13. The van der Waals surface area contributed by atoms with Crippen molar-refractivity contribution in [3.05, 3.63) is 70.5 Å². The molecule has 118 valence electrons. The summed E-state index contributed by atoms with van der Waals surface area (Å²) in [7, 11) is 0. The number of rotatable bonds is 4. The highest BCUT2D eigenvalue weighted by Gasteiger charge is 2.11. The van der Waals surface area contributed by atoms with E-state index in [0.29, 0.717) is 22.8 Å². The van der Waals surface area contributed by atoms with Crippen molar-refractivity contribution < 1.29 is 4.79 Å². The van der Waals surface area contributed by atoms with Gasteiger partial charge >= 0.3 is 0 Å². The Labute approximate surface area is 143 Å². The van der Waals surface area contributed by atoms with E-state index in [-0.39, 0.29) is 5.57 Å². The van der Waals surface area contributed by atoms with Gasteiger partial charge in [-0.25, -0.2) is 4.98 Å². The van der Waals surface area contributed by atoms with Crippen LogP contribution < -0.4 is 5.32 Å². The van der Waals surface area contributed by atoms with Gasteiger partial charge in [0.2, 0.25) is 0 Å². The van der Waals surface area contributed by atoms with Crippen molar-refractivity contribution in [3.63, 3.8) is 0 Å². The normalized spacial score (nSPS) is 11.2. The average Bonchev–Trinajstić information content (AvgIpc) is 3.00. The quantitative estimate of drug-likeness (QED) is 0.565. The molecule has 0 radical (unpaired) electrons. The maximum atomic E-state index is 12.2. The summed E-state index contributed by atoms with van der Waals surface area (Å²) in [5.41, 5.74) is 2.32. The Balaban J connectivity index is 1.82. The summed E-state index contributed by atoms with van der Waals surface area (Å²) in [6.07, 6.45) is 4.75. The number of halogens is 1. The fourth-order valence-corrected chi connectivity index (χ4v) is 2.45. The molecule has 0 aliphatic carbocycles. The van der Waals surface area contributed by atoms with Crippen molar-refractivity contribution in [1.82, 2.24) is 15.3 Å². The molecule has 24 heavy (non-hydrogen) atoms. The summed E-state index contributed by atoms with van der Waals surface area (Å²) in [6, 6.07) is 13.2. The molecule has 3 rings (SSSR count). The largest absolute Gasteiger partial charge is 0.347 e. The number of aromatic amines is 1. The number of nitrogens with one attached hydrogen (secondary N) is 2. The predicted octanol–water partition coefficient (Wildman–Crippen LogP) is 3.44. The van der Waals surface area contributed by atoms with E-state index in [4.69, 9.17) is 11.6 Å². The zero-order valence-corrected chi connectivity index (χ0v) is 13.3. The SMILES string of the molecule is N#C/C(=C\c1c[nH]c2ncc(Cl)cc12)C(=O)NCc1ccccc1. The predicted molar refractivity (Wildman–Crippen MR) is 93.0 cm³/mol. The number of hydrogen-bond acceptors (Lipinski definition) is 3. The molecule has 2 heterocycles. The first-order valence-corrected chi connectivity index (χ1v) is 7.61. The zero-order valence-electron chi connectivity index (χ0n) is 12.6. The standard InChI is InChI=1S/C18H13ClN4O/c19-15-7-16-14(10-21-17(16)22-11-15)6-13(8-20)18(24)23-9-12-4-2-1-3-5-12/h1-7,10-11H,9H2,(H,21,22)(H,23,24)/b13-6+. The van der Waals surface area contributed by atoms with Crippen LogP contribution in [-0.4, -0.2) is 15.9 Å². The lowest BCUT2D eigenvalue weighted by Gasteiger charge is -2.04. The molecule has 0 aliphatic heterocycles. The monoisotopic (exact) mass is 336 g/mol. The lowest BCUT2D eigenvalue weighted by molar-refractivity contribution is -0.117. The van der Waals surface area contributed by atoms with Gasteiger partial charge in [0.1, 0.15) is 17.3 Å². The molecule has 1 amide bonds. The molecular weight excluding hydrogens is 324 g/mol. The third-order valence-corrected chi connectivity index (χ3v) is 3.70. The molecule has 0 saturated heterocycles. The number of carbonyl (C=O) groups is 1. The summed E-state index contributed by atoms with van der Waals surface area (Å²) < 4.78 is 0. The number of hydrogen-bond donors (Lipinski definition) is 2. The van der Waals surface area contributed by atoms with Crippen LogP contribution in [0, 0.1) is 11.3 Å². The Kier molecular flexibility index (Phi) is 4.59. The van der Waals surface area contributed by atoms with E-state index < -0.39 is 5.91 Å². The third kappa shape index (κ3) is 3.45. The first kappa shape index (κ1) is 15.8. The van der Waals surface area contributed by atoms with Crippen molar-refractivity contribution in [2.45, 2.75) is 6.54 Å². The molecule has 0 spiro atoms. The molecule has 6 heteroatoms. The van der Waals surface area contributed by atoms with Gasteiger partial charge in [0, 0.05) is 29.9 Å². The Bertz CT molecular complexity index is 954. The highest BCUT2D eigenvalue weighted by molar-refractivity contribution is 6.31. The molecule has 3 aromatic rings. The van der Waals surface area contributed by atoms with E-state index in [1.165, 1.54) is 12.3 Å². The topological polar surface area (TPSA) is 81.6 Å². The van der Waals surface area contributed by atoms with Crippen molar-refractivity contribution >= 4 is 34.6 Å². The van der Waals surface area contributed by atoms with Gasteiger partial charge in [0.15, 0.2) is 0 Å². The number of benzene rings is 1. The maximum Gasteiger partial charge on any atom is 0.262 e. The Morgan fingerprint density at radius 3 is 2.92 bits per heavy atom. The Hall–Kier alpha value is -3.10. The summed E-state index contributed by atoms with van der Waals surface area (Å²) >= 11 is 5.96. The highest BCUT2D eigenvalue weighted by atomic mass is 35.5. The fourth-order valence-electron chi connectivity index (χ4n) is 2.30. The molecule has 2 N–H and O–H groups in total. The van der Waals surface area contributed by atoms with E-state index in [1.807, 2.05) is 36.4 Å². The van der Waals surface area contributed by atoms with Gasteiger partial charge in [-0.1, -0.05) is 41.9 Å². The Morgan fingerprint density at radius 2 is 2.17 bits per heavy atom. The van der Waals surface area contributed by atoms with Crippen LogP contribution in [0.5, 0.6) is 0 Å². The molecule has 5 nitrogen and oxygen atoms in total. The van der Waals surface area contributed by atoms with Gasteiger partial charge in [0.25, 0.3) is 5.91 Å². The molecule has 0 fully saturated rings. The van der Waals surface area contributed by atoms with Gasteiger partial charge in [-0.15, -0.1) is 0 Å². The van der Waals surface area contributed by atoms with Crippen molar-refractivity contribution in [2.24, 2.45) is 0 Å². The fraction of sp³-hybridized carbons (Fsp3) is 0.0556. The summed E-state index contributed by atoms with van der Waals surface area (Å²) in [6.45, 7) is 0.361. The zero-order chi connectivity index (χ0) is 16.9. The molecule has 1 aromatic carbocycles. The number of amides is 1. The van der Waals surface area contributed by atoms with Crippen LogP contribution in [0.4, 0.5) is 0 Å². The molecule has 0 aliphatic rings. The lowest BCUT2D eigenvalue weighted by atomic mass is 10.1. The summed E-state index contributed by atoms with van der Waals surface area (Å²) in [5, 5.41) is 13.3. The van der Waals surface area contributed by atoms with Gasteiger partial charge in [-0.2, -0.15) is 5.26 Å². The molecule has 0 saturated carbocycles. The van der Waals surface area contributed by atoms with Crippen LogP contribution in [0.1, 0.15) is 11.1 Å². The van der Waals surface area contributed by atoms with Gasteiger partial charge < -0.3 is 10.3 Å². The molecule has 0 atom stereocenters. The summed E-state index contributed by atoms with van der Waals surface area (Å²) in [5.74, 6) is -0.425. The smallest absolute Gasteiger partial charge is 0.262 e. The lowest BCUT2D eigenvalue weighted by Crippen LogP contribution is -2.23. The average molecular weight is 337 g/mol. The number of fused-ring (bicyclic) bond motifs is 1. The van der Waals surface area contributed by atoms with Crippen LogP contribution in [0.15, 0.2) is 54.4 Å². The number of pyridine rings is 1. The van der Waals surface area contributed by atoms with E-state index in [2.05, 4.69) is 15.3 Å². The minimum atomic E-state index is -0.425. The van der Waals surface area contributed by atoms with Crippen LogP contribution in [0.3, 0.4) is 0 Å². The molecular formula is C18H13ClN4O. The minimum absolute atomic E-state index is 0.0202. The first-order valence-electron chi connectivity index (χ1n) is 7.24. The number of carbonyl (C=O) groups excluding carboxylic acids is 1. The second kappa shape index (κ2) is 6.99. The van der Waals surface area contributed by atoms with Gasteiger partial charge in [-0.05, 0) is 17.7 Å². The molecule has 0 bridgehead atoms. The Morgan fingerprint density at radius 1 is 1.38 bits per heavy atom. The highest BCUT2D eigenvalue weighted by Crippen LogP contribution is 2.22. The van der Waals surface area contributed by atoms with Crippen molar-refractivity contribution in [3.8, 4) is 6.07 Å². The maximum absolute atomic E-state index is 12.2. The molecule has 0 unspecified atom stereocenters. The van der Waals surface area contributed by atoms with Crippen molar-refractivity contribution in [1.29, 1.82) is 5.26 Å². The van der Waals surface area contributed by atoms with Gasteiger partial charge in [-0.3, -0.25) is 4.79 Å². The first-order chi connectivity index (χ1) is 11.7. The van der Waals surface area contributed by atoms with E-state index in [9.17, 15) is 10.1 Å². The van der Waals surface area contributed by atoms with E-state index in [0.717, 1.165) is 10.9 Å². The van der Waals surface area contributed by atoms with Crippen LogP contribution >= 0.6 is 11.6 Å². The number of aromatic nitrogens is 2. The summed E-state index contributed by atoms with van der Waals surface area (Å²) in [4.78, 5) is 19.4. The number of nitrogens with zero attached hydrogens (tertiary/aromatic N) is 2. The third-order valence-electron chi connectivity index (χ3n) is 3.49. The molecule has 2 aromatic heterocycles. The second-order valence-corrected chi connectivity index (χ2v) is 5.57. The van der Waals surface area contributed by atoms with Crippen molar-refractivity contribution in [2.75, 3.05) is 0 Å². The minimum Gasteiger partial charge on any atom is -0.347 e. The van der Waals surface area contributed by atoms with Crippen LogP contribution in [0.2, 0.25) is 5.02 Å². The van der Waals surface area contributed by atoms with Crippen LogP contribution in [0.25, 0.3) is 17.1 Å². The van der Waals surface area contributed by atoms with Gasteiger partial charge in [0.05, 0.1) is 5.02 Å². The van der Waals surface area contributed by atoms with E-state index >= 15 is 0 Å². The van der Waals surface area contributed by atoms with Crippen LogP contribution in [-0.2, 0) is 11.3 Å². The number of H-pyrrole nitrogens is 1.